The third-order valence-electron chi connectivity index (χ3n) is 5.21. The molecule has 6 heteroatoms. The SMILES string of the molecule is Cc1cc(-c2c(-c3ccc(F)cc3)nn3c2CN(C(=O)C(C)(C)C)CC3)ccn1. The molecule has 0 spiro atoms. The minimum absolute atomic E-state index is 0.130. The summed E-state index contributed by atoms with van der Waals surface area (Å²) in [6.07, 6.45) is 1.78. The van der Waals surface area contributed by atoms with Gasteiger partial charge in [0.15, 0.2) is 0 Å². The molecule has 0 radical (unpaired) electrons. The average molecular weight is 392 g/mol. The molecular weight excluding hydrogens is 367 g/mol. The van der Waals surface area contributed by atoms with Gasteiger partial charge in [-0.25, -0.2) is 4.39 Å². The fraction of sp³-hybridized carbons (Fsp3) is 0.348. The number of aryl methyl sites for hydroxylation is 1. The molecule has 0 atom stereocenters. The first-order valence-corrected chi connectivity index (χ1v) is 9.82. The Morgan fingerprint density at radius 3 is 2.45 bits per heavy atom. The van der Waals surface area contributed by atoms with Gasteiger partial charge in [0, 0.05) is 35.0 Å². The third kappa shape index (κ3) is 3.67. The van der Waals surface area contributed by atoms with Crippen LogP contribution in [0, 0.1) is 18.2 Å². The van der Waals surface area contributed by atoms with Gasteiger partial charge >= 0.3 is 0 Å². The maximum Gasteiger partial charge on any atom is 0.228 e. The number of hydrogen-bond acceptors (Lipinski definition) is 3. The minimum Gasteiger partial charge on any atom is -0.334 e. The van der Waals surface area contributed by atoms with E-state index in [2.05, 4.69) is 4.98 Å². The highest BCUT2D eigenvalue weighted by Gasteiger charge is 2.32. The number of aromatic nitrogens is 3. The summed E-state index contributed by atoms with van der Waals surface area (Å²) in [4.78, 5) is 19.1. The maximum absolute atomic E-state index is 13.5. The zero-order valence-corrected chi connectivity index (χ0v) is 17.2. The molecule has 3 aromatic rings. The van der Waals surface area contributed by atoms with Crippen LogP contribution in [0.25, 0.3) is 22.4 Å². The molecular formula is C23H25FN4O. The molecule has 0 fully saturated rings. The number of pyridine rings is 1. The number of rotatable bonds is 2. The highest BCUT2D eigenvalue weighted by molar-refractivity contribution is 5.85. The normalized spacial score (nSPS) is 14.0. The van der Waals surface area contributed by atoms with E-state index >= 15 is 0 Å². The summed E-state index contributed by atoms with van der Waals surface area (Å²) in [5.41, 5.74) is 5.11. The van der Waals surface area contributed by atoms with E-state index in [0.717, 1.165) is 33.8 Å². The third-order valence-corrected chi connectivity index (χ3v) is 5.21. The van der Waals surface area contributed by atoms with E-state index in [-0.39, 0.29) is 11.7 Å². The lowest BCUT2D eigenvalue weighted by molar-refractivity contribution is -0.141. The quantitative estimate of drug-likeness (QED) is 0.648. The minimum atomic E-state index is -0.435. The second-order valence-electron chi connectivity index (χ2n) is 8.56. The molecule has 5 nitrogen and oxygen atoms in total. The number of fused-ring (bicyclic) bond motifs is 1. The number of amides is 1. The maximum atomic E-state index is 13.5. The molecule has 4 rings (SSSR count). The molecule has 29 heavy (non-hydrogen) atoms. The summed E-state index contributed by atoms with van der Waals surface area (Å²) < 4.78 is 15.5. The van der Waals surface area contributed by atoms with E-state index in [1.807, 2.05) is 49.4 Å². The van der Waals surface area contributed by atoms with Crippen molar-refractivity contribution in [3.63, 3.8) is 0 Å². The van der Waals surface area contributed by atoms with Gasteiger partial charge in [0.05, 0.1) is 18.8 Å². The van der Waals surface area contributed by atoms with Crippen molar-refractivity contribution in [1.82, 2.24) is 19.7 Å². The summed E-state index contributed by atoms with van der Waals surface area (Å²) in [5.74, 6) is -0.147. The number of nitrogens with zero attached hydrogens (tertiary/aromatic N) is 4. The summed E-state index contributed by atoms with van der Waals surface area (Å²) in [6.45, 7) is 9.54. The van der Waals surface area contributed by atoms with Gasteiger partial charge < -0.3 is 4.90 Å². The Bertz CT molecular complexity index is 1060. The lowest BCUT2D eigenvalue weighted by atomic mass is 9.93. The second-order valence-corrected chi connectivity index (χ2v) is 8.56. The van der Waals surface area contributed by atoms with Crippen LogP contribution in [-0.4, -0.2) is 32.1 Å². The van der Waals surface area contributed by atoms with Crippen LogP contribution in [0.1, 0.15) is 32.2 Å². The molecule has 1 aliphatic rings. The van der Waals surface area contributed by atoms with Crippen LogP contribution in [0.3, 0.4) is 0 Å². The van der Waals surface area contributed by atoms with Crippen LogP contribution in [0.15, 0.2) is 42.6 Å². The van der Waals surface area contributed by atoms with Crippen molar-refractivity contribution in [3.8, 4) is 22.4 Å². The van der Waals surface area contributed by atoms with Crippen molar-refractivity contribution in [2.75, 3.05) is 6.54 Å². The van der Waals surface area contributed by atoms with E-state index in [4.69, 9.17) is 5.10 Å². The van der Waals surface area contributed by atoms with E-state index in [0.29, 0.717) is 19.6 Å². The van der Waals surface area contributed by atoms with E-state index in [9.17, 15) is 9.18 Å². The zero-order valence-electron chi connectivity index (χ0n) is 17.2. The van der Waals surface area contributed by atoms with Gasteiger partial charge in [-0.15, -0.1) is 0 Å². The van der Waals surface area contributed by atoms with Crippen molar-refractivity contribution in [3.05, 3.63) is 59.8 Å². The van der Waals surface area contributed by atoms with Crippen molar-refractivity contribution in [1.29, 1.82) is 0 Å². The average Bonchev–Trinajstić information content (AvgIpc) is 3.05. The van der Waals surface area contributed by atoms with Crippen molar-refractivity contribution in [2.24, 2.45) is 5.41 Å². The Hall–Kier alpha value is -3.02. The molecule has 3 heterocycles. The summed E-state index contributed by atoms with van der Waals surface area (Å²) >= 11 is 0. The van der Waals surface area contributed by atoms with Gasteiger partial charge in [-0.2, -0.15) is 5.10 Å². The number of carbonyl (C=O) groups excluding carboxylic acids is 1. The topological polar surface area (TPSA) is 51.0 Å². The molecule has 1 aliphatic heterocycles. The summed E-state index contributed by atoms with van der Waals surface area (Å²) in [7, 11) is 0. The zero-order chi connectivity index (χ0) is 20.8. The van der Waals surface area contributed by atoms with Gasteiger partial charge in [-0.1, -0.05) is 20.8 Å². The van der Waals surface area contributed by atoms with E-state index in [1.165, 1.54) is 12.1 Å². The second kappa shape index (κ2) is 7.10. The highest BCUT2D eigenvalue weighted by Crippen LogP contribution is 2.37. The summed E-state index contributed by atoms with van der Waals surface area (Å²) in [6, 6.07) is 10.4. The monoisotopic (exact) mass is 392 g/mol. The Morgan fingerprint density at radius 1 is 1.07 bits per heavy atom. The summed E-state index contributed by atoms with van der Waals surface area (Å²) in [5, 5.41) is 4.85. The predicted octanol–water partition coefficient (Wildman–Crippen LogP) is 4.45. The van der Waals surface area contributed by atoms with Crippen LogP contribution in [0.4, 0.5) is 4.39 Å². The molecule has 0 saturated carbocycles. The molecule has 1 amide bonds. The van der Waals surface area contributed by atoms with Crippen LogP contribution >= 0.6 is 0 Å². The van der Waals surface area contributed by atoms with Crippen molar-refractivity contribution < 1.29 is 9.18 Å². The van der Waals surface area contributed by atoms with Gasteiger partial charge in [-0.3, -0.25) is 14.5 Å². The molecule has 0 saturated heterocycles. The van der Waals surface area contributed by atoms with Crippen LogP contribution in [-0.2, 0) is 17.9 Å². The highest BCUT2D eigenvalue weighted by atomic mass is 19.1. The van der Waals surface area contributed by atoms with Gasteiger partial charge in [0.2, 0.25) is 5.91 Å². The van der Waals surface area contributed by atoms with Crippen LogP contribution in [0.5, 0.6) is 0 Å². The van der Waals surface area contributed by atoms with Gasteiger partial charge in [-0.05, 0) is 48.9 Å². The largest absolute Gasteiger partial charge is 0.334 e. The molecule has 2 aromatic heterocycles. The van der Waals surface area contributed by atoms with Gasteiger partial charge in [0.1, 0.15) is 11.5 Å². The van der Waals surface area contributed by atoms with E-state index in [1.54, 1.807) is 18.3 Å². The standard InChI is InChI=1S/C23H25FN4O/c1-15-13-17(9-10-25-15)20-19-14-27(22(29)23(2,3)4)11-12-28(19)26-21(20)16-5-7-18(24)8-6-16/h5-10,13H,11-12,14H2,1-4H3. The molecule has 0 bridgehead atoms. The smallest absolute Gasteiger partial charge is 0.228 e. The molecule has 150 valence electrons. The van der Waals surface area contributed by atoms with Gasteiger partial charge in [0.25, 0.3) is 0 Å². The lowest BCUT2D eigenvalue weighted by Gasteiger charge is -2.33. The Morgan fingerprint density at radius 2 is 1.79 bits per heavy atom. The number of hydrogen-bond donors (Lipinski definition) is 0. The first-order chi connectivity index (χ1) is 13.7. The van der Waals surface area contributed by atoms with Crippen molar-refractivity contribution in [2.45, 2.75) is 40.8 Å². The molecule has 1 aromatic carbocycles. The van der Waals surface area contributed by atoms with Crippen LogP contribution in [0.2, 0.25) is 0 Å². The van der Waals surface area contributed by atoms with Crippen LogP contribution < -0.4 is 0 Å². The van der Waals surface area contributed by atoms with E-state index < -0.39 is 5.41 Å². The molecule has 0 unspecified atom stereocenters. The van der Waals surface area contributed by atoms with Crippen molar-refractivity contribution >= 4 is 5.91 Å². The first kappa shape index (κ1) is 19.3. The number of carbonyl (C=O) groups is 1. The Balaban J connectivity index is 1.86. The number of halogens is 1. The first-order valence-electron chi connectivity index (χ1n) is 9.82. The predicted molar refractivity (Wildman–Crippen MR) is 110 cm³/mol. The lowest BCUT2D eigenvalue weighted by Crippen LogP contribution is -2.44. The molecule has 0 N–H and O–H groups in total. The fourth-order valence-corrected chi connectivity index (χ4v) is 3.78. The Labute approximate surface area is 170 Å². The molecule has 0 aliphatic carbocycles. The fourth-order valence-electron chi connectivity index (χ4n) is 3.78. The Kier molecular flexibility index (Phi) is 4.73. The number of benzene rings is 1.